The summed E-state index contributed by atoms with van der Waals surface area (Å²) in [6, 6.07) is 4.68. The number of carbonyl (C=O) groups is 1. The van der Waals surface area contributed by atoms with Crippen molar-refractivity contribution in [3.63, 3.8) is 0 Å². The molecule has 7 nitrogen and oxygen atoms in total. The molecule has 2 N–H and O–H groups in total. The van der Waals surface area contributed by atoms with Crippen LogP contribution in [0.5, 0.6) is 0 Å². The highest BCUT2D eigenvalue weighted by Gasteiger charge is 2.43. The molecule has 2 aliphatic heterocycles. The summed E-state index contributed by atoms with van der Waals surface area (Å²) >= 11 is 1.84. The fourth-order valence-electron chi connectivity index (χ4n) is 3.75. The highest BCUT2D eigenvalue weighted by atomic mass is 32.1. The van der Waals surface area contributed by atoms with Gasteiger partial charge in [0.1, 0.15) is 5.82 Å². The molecule has 1 spiro atoms. The molecule has 0 saturated carbocycles. The Kier molecular flexibility index (Phi) is 7.27. The zero-order valence-corrected chi connectivity index (χ0v) is 17.0. The monoisotopic (exact) mass is 444 g/mol. The second kappa shape index (κ2) is 9.71. The SMILES string of the molecule is O=C(O)C(F)(F)F.c1csc(CN2CCCC3(CC(Nc4cnccn4)CO3)C2)c1. The molecule has 0 aliphatic carbocycles. The second-order valence-corrected chi connectivity index (χ2v) is 8.36. The molecule has 2 unspecified atom stereocenters. The minimum atomic E-state index is -5.08. The molecule has 11 heteroatoms. The number of anilines is 1. The lowest BCUT2D eigenvalue weighted by atomic mass is 9.88. The Morgan fingerprint density at radius 1 is 1.43 bits per heavy atom. The van der Waals surface area contributed by atoms with Gasteiger partial charge in [-0.25, -0.2) is 9.78 Å². The van der Waals surface area contributed by atoms with E-state index in [1.807, 2.05) is 11.3 Å². The number of nitrogens with zero attached hydrogens (tertiary/aromatic N) is 3. The van der Waals surface area contributed by atoms with Crippen LogP contribution in [0.2, 0.25) is 0 Å². The molecule has 0 bridgehead atoms. The number of likely N-dealkylation sites (tertiary alicyclic amines) is 1. The minimum Gasteiger partial charge on any atom is -0.475 e. The maximum Gasteiger partial charge on any atom is 0.490 e. The third-order valence-corrected chi connectivity index (χ3v) is 5.81. The molecule has 2 atom stereocenters. The molecule has 0 amide bonds. The van der Waals surface area contributed by atoms with Crippen LogP contribution < -0.4 is 5.32 Å². The molecule has 4 heterocycles. The molecular formula is C19H23F3N4O3S. The Balaban J connectivity index is 0.000000318. The Labute approximate surface area is 175 Å². The average Bonchev–Trinajstić information content (AvgIpc) is 3.33. The number of hydrogen-bond acceptors (Lipinski definition) is 7. The van der Waals surface area contributed by atoms with Gasteiger partial charge in [0.2, 0.25) is 0 Å². The van der Waals surface area contributed by atoms with E-state index in [4.69, 9.17) is 14.6 Å². The molecule has 0 radical (unpaired) electrons. The third-order valence-electron chi connectivity index (χ3n) is 4.94. The van der Waals surface area contributed by atoms with Crippen LogP contribution >= 0.6 is 11.3 Å². The molecule has 2 aliphatic rings. The van der Waals surface area contributed by atoms with Crippen molar-refractivity contribution in [2.24, 2.45) is 0 Å². The van der Waals surface area contributed by atoms with E-state index in [1.54, 1.807) is 18.6 Å². The number of rotatable bonds is 4. The van der Waals surface area contributed by atoms with Crippen LogP contribution in [0.4, 0.5) is 19.0 Å². The lowest BCUT2D eigenvalue weighted by Gasteiger charge is -2.39. The summed E-state index contributed by atoms with van der Waals surface area (Å²) in [5.74, 6) is -1.92. The van der Waals surface area contributed by atoms with Gasteiger partial charge in [-0.1, -0.05) is 6.07 Å². The lowest BCUT2D eigenvalue weighted by Crippen LogP contribution is -2.47. The van der Waals surface area contributed by atoms with Crippen LogP contribution in [-0.4, -0.2) is 63.5 Å². The summed E-state index contributed by atoms with van der Waals surface area (Å²) < 4.78 is 38.0. The standard InChI is InChI=1S/C17H22N4OS.C2HF3O2/c1-3-15(23-8-1)11-21-7-2-4-17(13-21)9-14(12-22-17)20-16-10-18-5-6-19-16;3-2(4,5)1(6)7/h1,3,5-6,8,10,14H,2,4,7,9,11-13H2,(H,19,20);(H,6,7). The van der Waals surface area contributed by atoms with Crippen molar-refractivity contribution >= 4 is 23.1 Å². The van der Waals surface area contributed by atoms with Gasteiger partial charge >= 0.3 is 12.1 Å². The van der Waals surface area contributed by atoms with Crippen LogP contribution in [0.3, 0.4) is 0 Å². The highest BCUT2D eigenvalue weighted by Crippen LogP contribution is 2.36. The van der Waals surface area contributed by atoms with E-state index in [-0.39, 0.29) is 5.60 Å². The number of halogens is 3. The fraction of sp³-hybridized carbons (Fsp3) is 0.526. The average molecular weight is 444 g/mol. The smallest absolute Gasteiger partial charge is 0.475 e. The first-order valence-electron chi connectivity index (χ1n) is 9.47. The van der Waals surface area contributed by atoms with E-state index in [9.17, 15) is 13.2 Å². The molecule has 2 saturated heterocycles. The summed E-state index contributed by atoms with van der Waals surface area (Å²) in [4.78, 5) is 21.3. The largest absolute Gasteiger partial charge is 0.490 e. The van der Waals surface area contributed by atoms with E-state index in [0.29, 0.717) is 6.04 Å². The molecule has 2 aromatic rings. The number of nitrogens with one attached hydrogen (secondary N) is 1. The molecule has 4 rings (SSSR count). The number of ether oxygens (including phenoxy) is 1. The summed E-state index contributed by atoms with van der Waals surface area (Å²) in [7, 11) is 0. The van der Waals surface area contributed by atoms with Gasteiger partial charge < -0.3 is 15.2 Å². The summed E-state index contributed by atoms with van der Waals surface area (Å²) in [6.07, 6.45) is 3.52. The lowest BCUT2D eigenvalue weighted by molar-refractivity contribution is -0.192. The molecule has 30 heavy (non-hydrogen) atoms. The fourth-order valence-corrected chi connectivity index (χ4v) is 4.50. The molecular weight excluding hydrogens is 421 g/mol. The van der Waals surface area contributed by atoms with Crippen LogP contribution in [0, 0.1) is 0 Å². The predicted octanol–water partition coefficient (Wildman–Crippen LogP) is 3.41. The van der Waals surface area contributed by atoms with Gasteiger partial charge in [0, 0.05) is 36.8 Å². The molecule has 164 valence electrons. The van der Waals surface area contributed by atoms with Crippen molar-refractivity contribution in [2.75, 3.05) is 25.0 Å². The number of hydrogen-bond donors (Lipinski definition) is 2. The number of carboxylic acid groups (broad SMARTS) is 1. The Morgan fingerprint density at radius 2 is 2.23 bits per heavy atom. The number of thiophene rings is 1. The van der Waals surface area contributed by atoms with Gasteiger partial charge in [-0.2, -0.15) is 13.2 Å². The maximum absolute atomic E-state index is 10.6. The van der Waals surface area contributed by atoms with Crippen molar-refractivity contribution in [3.05, 3.63) is 41.0 Å². The summed E-state index contributed by atoms with van der Waals surface area (Å²) in [5.41, 5.74) is 0.00931. The Morgan fingerprint density at radius 3 is 2.87 bits per heavy atom. The first kappa shape index (κ1) is 22.4. The first-order chi connectivity index (χ1) is 14.3. The zero-order chi connectivity index (χ0) is 21.6. The van der Waals surface area contributed by atoms with E-state index >= 15 is 0 Å². The quantitative estimate of drug-likeness (QED) is 0.747. The van der Waals surface area contributed by atoms with Crippen molar-refractivity contribution in [3.8, 4) is 0 Å². The van der Waals surface area contributed by atoms with Gasteiger partial charge in [0.25, 0.3) is 0 Å². The summed E-state index contributed by atoms with van der Waals surface area (Å²) in [5, 5.41) is 12.7. The normalized spacial score (nSPS) is 24.3. The second-order valence-electron chi connectivity index (χ2n) is 7.33. The van der Waals surface area contributed by atoms with Crippen molar-refractivity contribution < 1.29 is 27.8 Å². The third kappa shape index (κ3) is 6.38. The topological polar surface area (TPSA) is 87.6 Å². The van der Waals surface area contributed by atoms with E-state index in [0.717, 1.165) is 38.4 Å². The summed E-state index contributed by atoms with van der Waals surface area (Å²) in [6.45, 7) is 4.00. The zero-order valence-electron chi connectivity index (χ0n) is 16.1. The first-order valence-corrected chi connectivity index (χ1v) is 10.4. The maximum atomic E-state index is 10.6. The van der Waals surface area contributed by atoms with Gasteiger partial charge in [0.15, 0.2) is 0 Å². The molecule has 2 aromatic heterocycles. The predicted molar refractivity (Wildman–Crippen MR) is 105 cm³/mol. The van der Waals surface area contributed by atoms with Crippen LogP contribution in [0.1, 0.15) is 24.1 Å². The van der Waals surface area contributed by atoms with Crippen molar-refractivity contribution in [1.82, 2.24) is 14.9 Å². The molecule has 2 fully saturated rings. The number of piperidine rings is 1. The van der Waals surface area contributed by atoms with E-state index in [2.05, 4.69) is 37.7 Å². The van der Waals surface area contributed by atoms with Crippen molar-refractivity contribution in [2.45, 2.75) is 43.6 Å². The Bertz CT molecular complexity index is 807. The van der Waals surface area contributed by atoms with Gasteiger partial charge in [-0.3, -0.25) is 9.88 Å². The van der Waals surface area contributed by atoms with Crippen LogP contribution in [-0.2, 0) is 16.1 Å². The number of alkyl halides is 3. The van der Waals surface area contributed by atoms with E-state index < -0.39 is 12.1 Å². The van der Waals surface area contributed by atoms with Gasteiger partial charge in [-0.15, -0.1) is 11.3 Å². The van der Waals surface area contributed by atoms with Gasteiger partial charge in [0.05, 0.1) is 24.4 Å². The van der Waals surface area contributed by atoms with Crippen molar-refractivity contribution in [1.29, 1.82) is 0 Å². The minimum absolute atomic E-state index is 0.00931. The molecule has 0 aromatic carbocycles. The number of aromatic nitrogens is 2. The highest BCUT2D eigenvalue weighted by molar-refractivity contribution is 7.09. The van der Waals surface area contributed by atoms with Crippen LogP contribution in [0.15, 0.2) is 36.1 Å². The van der Waals surface area contributed by atoms with Gasteiger partial charge in [-0.05, 0) is 30.8 Å². The van der Waals surface area contributed by atoms with Crippen LogP contribution in [0.25, 0.3) is 0 Å². The number of aliphatic carboxylic acids is 1. The Hall–Kier alpha value is -2.24. The number of carboxylic acids is 1. The van der Waals surface area contributed by atoms with E-state index in [1.165, 1.54) is 17.8 Å².